The minimum Gasteiger partial charge on any atom is -0.490 e. The molecule has 0 saturated carbocycles. The third-order valence-electron chi connectivity index (χ3n) is 5.35. The first-order valence-electron chi connectivity index (χ1n) is 9.65. The third kappa shape index (κ3) is 3.90. The highest BCUT2D eigenvalue weighted by atomic mass is 79.9. The van der Waals surface area contributed by atoms with Crippen LogP contribution in [0.4, 0.5) is 5.69 Å². The first-order chi connectivity index (χ1) is 13.0. The summed E-state index contributed by atoms with van der Waals surface area (Å²) in [5.41, 5.74) is 4.29. The maximum atomic E-state index is 12.7. The molecule has 4 nitrogen and oxygen atoms in total. The van der Waals surface area contributed by atoms with Gasteiger partial charge >= 0.3 is 0 Å². The Kier molecular flexibility index (Phi) is 5.24. The minimum atomic E-state index is -0.106. The number of amides is 1. The van der Waals surface area contributed by atoms with E-state index < -0.39 is 0 Å². The molecule has 0 aromatic heterocycles. The fourth-order valence-corrected chi connectivity index (χ4v) is 4.59. The van der Waals surface area contributed by atoms with Crippen LogP contribution in [0.15, 0.2) is 40.9 Å². The lowest BCUT2D eigenvalue weighted by Gasteiger charge is -2.32. The van der Waals surface area contributed by atoms with Gasteiger partial charge in [-0.05, 0) is 97.0 Å². The molecule has 0 radical (unpaired) electrons. The number of fused-ring (bicyclic) bond motifs is 3. The second-order valence-electron chi connectivity index (χ2n) is 7.62. The zero-order chi connectivity index (χ0) is 19.0. The van der Waals surface area contributed by atoms with Crippen LogP contribution < -0.4 is 10.1 Å². The maximum Gasteiger partial charge on any atom is 0.255 e. The highest BCUT2D eigenvalue weighted by Crippen LogP contribution is 2.38. The van der Waals surface area contributed by atoms with E-state index in [0.717, 1.165) is 28.9 Å². The van der Waals surface area contributed by atoms with E-state index in [1.54, 1.807) is 6.07 Å². The van der Waals surface area contributed by atoms with Crippen molar-refractivity contribution >= 4 is 27.5 Å². The van der Waals surface area contributed by atoms with Gasteiger partial charge in [-0.1, -0.05) is 6.07 Å². The van der Waals surface area contributed by atoms with Gasteiger partial charge in [-0.3, -0.25) is 9.69 Å². The molecular formula is C22H25BrN2O2. The molecule has 1 N–H and O–H groups in total. The van der Waals surface area contributed by atoms with Crippen LogP contribution in [0.25, 0.3) is 0 Å². The molecule has 2 aromatic rings. The van der Waals surface area contributed by atoms with E-state index in [4.69, 9.17) is 4.74 Å². The zero-order valence-electron chi connectivity index (χ0n) is 15.8. The Morgan fingerprint density at radius 1 is 1.22 bits per heavy atom. The van der Waals surface area contributed by atoms with Gasteiger partial charge in [0.05, 0.1) is 10.6 Å². The molecule has 1 saturated heterocycles. The van der Waals surface area contributed by atoms with E-state index >= 15 is 0 Å². The topological polar surface area (TPSA) is 41.6 Å². The summed E-state index contributed by atoms with van der Waals surface area (Å²) in [6.07, 6.45) is 3.67. The summed E-state index contributed by atoms with van der Waals surface area (Å²) in [6, 6.07) is 12.3. The molecule has 2 aromatic carbocycles. The van der Waals surface area contributed by atoms with Crippen molar-refractivity contribution in [2.75, 3.05) is 18.4 Å². The Hall–Kier alpha value is -1.85. The molecule has 5 heteroatoms. The Labute approximate surface area is 169 Å². The number of ether oxygens (including phenoxy) is 1. The van der Waals surface area contributed by atoms with E-state index in [1.807, 2.05) is 32.0 Å². The van der Waals surface area contributed by atoms with Crippen molar-refractivity contribution in [2.45, 2.75) is 45.3 Å². The number of anilines is 1. The summed E-state index contributed by atoms with van der Waals surface area (Å²) in [7, 11) is 0. The summed E-state index contributed by atoms with van der Waals surface area (Å²) >= 11 is 3.50. The molecule has 2 aliphatic rings. The first-order valence-corrected chi connectivity index (χ1v) is 10.4. The highest BCUT2D eigenvalue weighted by Gasteiger charge is 2.31. The van der Waals surface area contributed by atoms with Gasteiger partial charge in [0.1, 0.15) is 5.75 Å². The Morgan fingerprint density at radius 2 is 2.07 bits per heavy atom. The van der Waals surface area contributed by atoms with Crippen LogP contribution in [0, 0.1) is 0 Å². The number of benzene rings is 2. The molecule has 0 spiro atoms. The normalized spacial score (nSPS) is 18.9. The predicted octanol–water partition coefficient (Wildman–Crippen LogP) is 5.18. The number of halogens is 1. The molecule has 27 heavy (non-hydrogen) atoms. The number of nitrogens with one attached hydrogen (secondary N) is 1. The number of hydrogen-bond acceptors (Lipinski definition) is 3. The second kappa shape index (κ2) is 7.64. The number of hydrogen-bond donors (Lipinski definition) is 1. The molecule has 4 rings (SSSR count). The monoisotopic (exact) mass is 428 g/mol. The first kappa shape index (κ1) is 18.5. The Balaban J connectivity index is 1.52. The molecule has 2 aliphatic heterocycles. The fourth-order valence-electron chi connectivity index (χ4n) is 4.12. The molecule has 2 heterocycles. The summed E-state index contributed by atoms with van der Waals surface area (Å²) in [5, 5.41) is 3.06. The van der Waals surface area contributed by atoms with Crippen LogP contribution >= 0.6 is 15.9 Å². The summed E-state index contributed by atoms with van der Waals surface area (Å²) in [6.45, 7) is 6.31. The molecule has 1 atom stereocenters. The van der Waals surface area contributed by atoms with Gasteiger partial charge in [-0.15, -0.1) is 0 Å². The van der Waals surface area contributed by atoms with Crippen molar-refractivity contribution in [3.63, 3.8) is 0 Å². The Bertz CT molecular complexity index is 865. The fraction of sp³-hybridized carbons (Fsp3) is 0.409. The molecule has 0 bridgehead atoms. The van der Waals surface area contributed by atoms with E-state index in [2.05, 4.69) is 38.3 Å². The van der Waals surface area contributed by atoms with Gasteiger partial charge in [0.15, 0.2) is 0 Å². The van der Waals surface area contributed by atoms with Gasteiger partial charge in [-0.2, -0.15) is 0 Å². The predicted molar refractivity (Wildman–Crippen MR) is 112 cm³/mol. The molecule has 0 aliphatic carbocycles. The quantitative estimate of drug-likeness (QED) is 0.728. The third-order valence-corrected chi connectivity index (χ3v) is 5.97. The van der Waals surface area contributed by atoms with Crippen molar-refractivity contribution in [1.82, 2.24) is 4.90 Å². The van der Waals surface area contributed by atoms with Crippen LogP contribution in [-0.2, 0) is 6.42 Å². The average molecular weight is 429 g/mol. The minimum absolute atomic E-state index is 0.0895. The van der Waals surface area contributed by atoms with Crippen molar-refractivity contribution in [3.8, 4) is 5.75 Å². The smallest absolute Gasteiger partial charge is 0.255 e. The van der Waals surface area contributed by atoms with Crippen LogP contribution in [0.3, 0.4) is 0 Å². The highest BCUT2D eigenvalue weighted by molar-refractivity contribution is 9.10. The lowest BCUT2D eigenvalue weighted by Crippen LogP contribution is -2.31. The number of rotatable bonds is 4. The summed E-state index contributed by atoms with van der Waals surface area (Å²) < 4.78 is 6.50. The van der Waals surface area contributed by atoms with Gasteiger partial charge < -0.3 is 10.1 Å². The molecule has 1 fully saturated rings. The van der Waals surface area contributed by atoms with Gasteiger partial charge in [0.2, 0.25) is 0 Å². The van der Waals surface area contributed by atoms with Crippen LogP contribution in [0.2, 0.25) is 0 Å². The van der Waals surface area contributed by atoms with E-state index in [-0.39, 0.29) is 12.0 Å². The molecule has 1 amide bonds. The largest absolute Gasteiger partial charge is 0.490 e. The second-order valence-corrected chi connectivity index (χ2v) is 8.48. The van der Waals surface area contributed by atoms with Crippen molar-refractivity contribution in [3.05, 3.63) is 57.6 Å². The average Bonchev–Trinajstić information content (AvgIpc) is 3.12. The SMILES string of the molecule is CC(C)Oc1ccc(C(=O)Nc2ccc3c(c2)C2CCCN2CC3)cc1Br. The van der Waals surface area contributed by atoms with Crippen LogP contribution in [0.5, 0.6) is 5.75 Å². The lowest BCUT2D eigenvalue weighted by molar-refractivity contribution is 0.102. The van der Waals surface area contributed by atoms with Gasteiger partial charge in [0.25, 0.3) is 5.91 Å². The Morgan fingerprint density at radius 3 is 2.85 bits per heavy atom. The summed E-state index contributed by atoms with van der Waals surface area (Å²) in [4.78, 5) is 15.3. The van der Waals surface area contributed by atoms with Gasteiger partial charge in [-0.25, -0.2) is 0 Å². The van der Waals surface area contributed by atoms with E-state index in [9.17, 15) is 4.79 Å². The van der Waals surface area contributed by atoms with E-state index in [0.29, 0.717) is 11.6 Å². The van der Waals surface area contributed by atoms with Gasteiger partial charge in [0, 0.05) is 23.8 Å². The van der Waals surface area contributed by atoms with E-state index in [1.165, 1.54) is 30.5 Å². The summed E-state index contributed by atoms with van der Waals surface area (Å²) in [5.74, 6) is 0.641. The van der Waals surface area contributed by atoms with Crippen molar-refractivity contribution < 1.29 is 9.53 Å². The number of carbonyl (C=O) groups excluding carboxylic acids is 1. The zero-order valence-corrected chi connectivity index (χ0v) is 17.4. The maximum absolute atomic E-state index is 12.7. The molecule has 142 valence electrons. The number of carbonyl (C=O) groups is 1. The standard InChI is InChI=1S/C22H25BrN2O2/c1-14(2)27-21-8-6-16(12-19(21)23)22(26)24-17-7-5-15-9-11-25-10-3-4-20(25)18(15)13-17/h5-8,12-14,20H,3-4,9-11H2,1-2H3,(H,24,26). The van der Waals surface area contributed by atoms with Crippen LogP contribution in [0.1, 0.15) is 54.2 Å². The number of nitrogens with zero attached hydrogens (tertiary/aromatic N) is 1. The lowest BCUT2D eigenvalue weighted by atomic mass is 9.92. The van der Waals surface area contributed by atoms with Crippen LogP contribution in [-0.4, -0.2) is 30.0 Å². The van der Waals surface area contributed by atoms with Crippen molar-refractivity contribution in [2.24, 2.45) is 0 Å². The molecule has 1 unspecified atom stereocenters. The molecular weight excluding hydrogens is 404 g/mol. The van der Waals surface area contributed by atoms with Crippen molar-refractivity contribution in [1.29, 1.82) is 0 Å².